The Bertz CT molecular complexity index is 891. The van der Waals surface area contributed by atoms with E-state index in [0.717, 1.165) is 11.1 Å². The molecular formula is C18H17N3O3S. The predicted molar refractivity (Wildman–Crippen MR) is 96.7 cm³/mol. The number of carbonyl (C=O) groups is 1. The topological polar surface area (TPSA) is 88.2 Å². The number of amides is 1. The van der Waals surface area contributed by atoms with Crippen LogP contribution in [0.1, 0.15) is 11.1 Å². The highest BCUT2D eigenvalue weighted by Gasteiger charge is 2.11. The highest BCUT2D eigenvalue weighted by molar-refractivity contribution is 7.99. The Labute approximate surface area is 149 Å². The van der Waals surface area contributed by atoms with Crippen molar-refractivity contribution in [1.29, 1.82) is 0 Å². The van der Waals surface area contributed by atoms with Crippen molar-refractivity contribution in [2.45, 2.75) is 19.1 Å². The number of thioether (sulfide) groups is 1. The van der Waals surface area contributed by atoms with Gasteiger partial charge in [0.05, 0.1) is 5.75 Å². The molecule has 0 fully saturated rings. The average Bonchev–Trinajstić information content (AvgIpc) is 3.06. The molecule has 0 saturated heterocycles. The maximum absolute atomic E-state index is 12.0. The molecule has 0 aliphatic rings. The second-order valence-corrected chi connectivity index (χ2v) is 6.50. The number of aryl methyl sites for hydroxylation is 2. The van der Waals surface area contributed by atoms with Crippen molar-refractivity contribution < 1.29 is 14.3 Å². The number of phenols is 1. The second-order valence-electron chi connectivity index (χ2n) is 5.58. The Morgan fingerprint density at radius 3 is 2.64 bits per heavy atom. The summed E-state index contributed by atoms with van der Waals surface area (Å²) in [6.07, 6.45) is 0. The molecule has 3 rings (SSSR count). The van der Waals surface area contributed by atoms with E-state index >= 15 is 0 Å². The third-order valence-electron chi connectivity index (χ3n) is 3.51. The minimum Gasteiger partial charge on any atom is -0.508 e. The van der Waals surface area contributed by atoms with Gasteiger partial charge in [-0.2, -0.15) is 0 Å². The van der Waals surface area contributed by atoms with Crippen LogP contribution in [-0.4, -0.2) is 27.0 Å². The van der Waals surface area contributed by atoms with Crippen molar-refractivity contribution in [3.05, 3.63) is 53.6 Å². The molecule has 2 aromatic carbocycles. The molecule has 25 heavy (non-hydrogen) atoms. The molecule has 0 saturated carbocycles. The number of carbonyl (C=O) groups excluding carboxylic acids is 1. The van der Waals surface area contributed by atoms with Gasteiger partial charge in [0, 0.05) is 11.3 Å². The minimum atomic E-state index is -0.190. The van der Waals surface area contributed by atoms with E-state index in [-0.39, 0.29) is 17.4 Å². The van der Waals surface area contributed by atoms with E-state index in [4.69, 9.17) is 4.42 Å². The molecular weight excluding hydrogens is 338 g/mol. The molecule has 0 aliphatic carbocycles. The van der Waals surface area contributed by atoms with Crippen molar-refractivity contribution in [2.75, 3.05) is 11.1 Å². The van der Waals surface area contributed by atoms with E-state index in [1.165, 1.54) is 11.8 Å². The first kappa shape index (κ1) is 17.0. The van der Waals surface area contributed by atoms with Gasteiger partial charge in [0.1, 0.15) is 5.75 Å². The van der Waals surface area contributed by atoms with Gasteiger partial charge in [-0.1, -0.05) is 29.5 Å². The Morgan fingerprint density at radius 1 is 1.16 bits per heavy atom. The highest BCUT2D eigenvalue weighted by Crippen LogP contribution is 2.24. The zero-order chi connectivity index (χ0) is 17.8. The second kappa shape index (κ2) is 7.40. The first-order valence-corrected chi connectivity index (χ1v) is 8.62. The molecule has 7 heteroatoms. The smallest absolute Gasteiger partial charge is 0.277 e. The monoisotopic (exact) mass is 355 g/mol. The quantitative estimate of drug-likeness (QED) is 0.535. The SMILES string of the molecule is Cc1ccc(-c2nnc(SCC(=O)Nc3ccc(O)c(C)c3)o2)cc1. The highest BCUT2D eigenvalue weighted by atomic mass is 32.2. The molecule has 0 radical (unpaired) electrons. The van der Waals surface area contributed by atoms with Crippen LogP contribution in [0.5, 0.6) is 5.75 Å². The number of hydrogen-bond acceptors (Lipinski definition) is 6. The summed E-state index contributed by atoms with van der Waals surface area (Å²) in [7, 11) is 0. The van der Waals surface area contributed by atoms with Gasteiger partial charge in [0.15, 0.2) is 0 Å². The lowest BCUT2D eigenvalue weighted by molar-refractivity contribution is -0.113. The van der Waals surface area contributed by atoms with Crippen LogP contribution in [0.4, 0.5) is 5.69 Å². The summed E-state index contributed by atoms with van der Waals surface area (Å²) in [4.78, 5) is 12.0. The van der Waals surface area contributed by atoms with Crippen LogP contribution < -0.4 is 5.32 Å². The predicted octanol–water partition coefficient (Wildman–Crippen LogP) is 3.79. The molecule has 1 amide bonds. The Kier molecular flexibility index (Phi) is 5.04. The van der Waals surface area contributed by atoms with Gasteiger partial charge in [-0.05, 0) is 49.7 Å². The first-order valence-electron chi connectivity index (χ1n) is 7.64. The molecule has 6 nitrogen and oxygen atoms in total. The van der Waals surface area contributed by atoms with Gasteiger partial charge in [-0.25, -0.2) is 0 Å². The zero-order valence-electron chi connectivity index (χ0n) is 13.8. The molecule has 2 N–H and O–H groups in total. The van der Waals surface area contributed by atoms with Crippen molar-refractivity contribution in [3.63, 3.8) is 0 Å². The van der Waals surface area contributed by atoms with Crippen molar-refractivity contribution in [1.82, 2.24) is 10.2 Å². The molecule has 0 unspecified atom stereocenters. The van der Waals surface area contributed by atoms with Crippen LogP contribution in [-0.2, 0) is 4.79 Å². The summed E-state index contributed by atoms with van der Waals surface area (Å²) in [6, 6.07) is 12.7. The lowest BCUT2D eigenvalue weighted by atomic mass is 10.1. The van der Waals surface area contributed by atoms with E-state index in [0.29, 0.717) is 22.4 Å². The molecule has 3 aromatic rings. The number of benzene rings is 2. The van der Waals surface area contributed by atoms with E-state index < -0.39 is 0 Å². The fourth-order valence-electron chi connectivity index (χ4n) is 2.14. The first-order chi connectivity index (χ1) is 12.0. The van der Waals surface area contributed by atoms with Crippen LogP contribution in [0.15, 0.2) is 52.1 Å². The van der Waals surface area contributed by atoms with E-state index in [1.54, 1.807) is 25.1 Å². The van der Waals surface area contributed by atoms with Crippen LogP contribution in [0.2, 0.25) is 0 Å². The van der Waals surface area contributed by atoms with Crippen LogP contribution in [0.3, 0.4) is 0 Å². The van der Waals surface area contributed by atoms with Crippen LogP contribution in [0.25, 0.3) is 11.5 Å². The minimum absolute atomic E-state index is 0.148. The van der Waals surface area contributed by atoms with Crippen molar-refractivity contribution in [2.24, 2.45) is 0 Å². The maximum Gasteiger partial charge on any atom is 0.277 e. The van der Waals surface area contributed by atoms with Gasteiger partial charge >= 0.3 is 0 Å². The summed E-state index contributed by atoms with van der Waals surface area (Å²) in [5.41, 5.74) is 3.32. The fourth-order valence-corrected chi connectivity index (χ4v) is 2.70. The summed E-state index contributed by atoms with van der Waals surface area (Å²) in [5.74, 6) is 0.583. The van der Waals surface area contributed by atoms with E-state index in [2.05, 4.69) is 15.5 Å². The van der Waals surface area contributed by atoms with Gasteiger partial charge < -0.3 is 14.8 Å². The molecule has 0 spiro atoms. The standard InChI is InChI=1S/C18H17N3O3S/c1-11-3-5-13(6-4-11)17-20-21-18(24-17)25-10-16(23)19-14-7-8-15(22)12(2)9-14/h3-9,22H,10H2,1-2H3,(H,19,23). The Morgan fingerprint density at radius 2 is 1.92 bits per heavy atom. The number of hydrogen-bond donors (Lipinski definition) is 2. The third-order valence-corrected chi connectivity index (χ3v) is 4.33. The summed E-state index contributed by atoms with van der Waals surface area (Å²) < 4.78 is 5.57. The van der Waals surface area contributed by atoms with Crippen molar-refractivity contribution >= 4 is 23.4 Å². The number of aromatic hydroxyl groups is 1. The summed E-state index contributed by atoms with van der Waals surface area (Å²) in [5, 5.41) is 20.6. The molecule has 1 aromatic heterocycles. The van der Waals surface area contributed by atoms with Crippen LogP contribution in [0, 0.1) is 13.8 Å². The summed E-state index contributed by atoms with van der Waals surface area (Å²) in [6.45, 7) is 3.78. The van der Waals surface area contributed by atoms with Gasteiger partial charge in [-0.15, -0.1) is 10.2 Å². The average molecular weight is 355 g/mol. The number of rotatable bonds is 5. The molecule has 0 bridgehead atoms. The molecule has 0 atom stereocenters. The molecule has 0 aliphatic heterocycles. The normalized spacial score (nSPS) is 10.6. The number of phenolic OH excluding ortho intramolecular Hbond substituents is 1. The van der Waals surface area contributed by atoms with Crippen molar-refractivity contribution in [3.8, 4) is 17.2 Å². The largest absolute Gasteiger partial charge is 0.508 e. The molecule has 128 valence electrons. The number of anilines is 1. The fraction of sp³-hybridized carbons (Fsp3) is 0.167. The van der Waals surface area contributed by atoms with Gasteiger partial charge in [0.25, 0.3) is 5.22 Å². The molecule has 1 heterocycles. The van der Waals surface area contributed by atoms with Gasteiger partial charge in [0.2, 0.25) is 11.8 Å². The number of nitrogens with zero attached hydrogens (tertiary/aromatic N) is 2. The maximum atomic E-state index is 12.0. The Hall–Kier alpha value is -2.80. The van der Waals surface area contributed by atoms with E-state index in [9.17, 15) is 9.90 Å². The summed E-state index contributed by atoms with van der Waals surface area (Å²) >= 11 is 1.17. The van der Waals surface area contributed by atoms with E-state index in [1.807, 2.05) is 31.2 Å². The lowest BCUT2D eigenvalue weighted by Gasteiger charge is -2.06. The Balaban J connectivity index is 1.57. The van der Waals surface area contributed by atoms with Gasteiger partial charge in [-0.3, -0.25) is 4.79 Å². The zero-order valence-corrected chi connectivity index (χ0v) is 14.6. The number of aromatic nitrogens is 2. The third kappa shape index (κ3) is 4.39. The number of nitrogens with one attached hydrogen (secondary N) is 1. The van der Waals surface area contributed by atoms with Crippen LogP contribution >= 0.6 is 11.8 Å². The lowest BCUT2D eigenvalue weighted by Crippen LogP contribution is -2.14.